The quantitative estimate of drug-likeness (QED) is 0.541. The number of aromatic amines is 1. The minimum Gasteiger partial charge on any atom is -0.352 e. The van der Waals surface area contributed by atoms with Crippen molar-refractivity contribution in [2.24, 2.45) is 5.41 Å². The topological polar surface area (TPSA) is 86.9 Å². The monoisotopic (exact) mass is 398 g/mol. The minimum atomic E-state index is -0.429. The van der Waals surface area contributed by atoms with Gasteiger partial charge in [0, 0.05) is 23.2 Å². The zero-order chi connectivity index (χ0) is 20.5. The van der Waals surface area contributed by atoms with E-state index in [1.165, 1.54) is 0 Å². The first-order valence-electron chi connectivity index (χ1n) is 8.96. The van der Waals surface area contributed by atoms with Crippen LogP contribution in [0, 0.1) is 12.3 Å². The van der Waals surface area contributed by atoms with E-state index in [4.69, 9.17) is 11.6 Å². The first-order chi connectivity index (χ1) is 13.2. The number of fused-ring (bicyclic) bond motifs is 1. The number of hydrogen-bond acceptors (Lipinski definition) is 4. The summed E-state index contributed by atoms with van der Waals surface area (Å²) in [5.74, 6) is 0.552. The maximum absolute atomic E-state index is 12.1. The second-order valence-corrected chi connectivity index (χ2v) is 8.21. The van der Waals surface area contributed by atoms with E-state index in [2.05, 4.69) is 20.6 Å². The zero-order valence-corrected chi connectivity index (χ0v) is 17.1. The third-order valence-electron chi connectivity index (χ3n) is 4.42. The Bertz CT molecular complexity index is 1050. The van der Waals surface area contributed by atoms with Crippen molar-refractivity contribution < 1.29 is 9.59 Å². The molecule has 0 saturated heterocycles. The van der Waals surface area contributed by atoms with Gasteiger partial charge in [0.25, 0.3) is 0 Å². The van der Waals surface area contributed by atoms with Gasteiger partial charge in [-0.25, -0.2) is 4.98 Å². The molecule has 2 aromatic carbocycles. The number of nitrogens with zero attached hydrogens (tertiary/aromatic N) is 1. The number of anilines is 2. The lowest BCUT2D eigenvalue weighted by Gasteiger charge is -2.18. The number of rotatable bonds is 5. The summed E-state index contributed by atoms with van der Waals surface area (Å²) in [4.78, 5) is 30.8. The molecule has 1 amide bonds. The number of imidazole rings is 1. The molecule has 0 saturated carbocycles. The average molecular weight is 399 g/mol. The molecular formula is C21H23ClN4O2. The van der Waals surface area contributed by atoms with Crippen molar-refractivity contribution in [3.63, 3.8) is 0 Å². The molecule has 0 unspecified atom stereocenters. The number of H-pyrrole nitrogens is 1. The molecule has 0 aliphatic rings. The largest absolute Gasteiger partial charge is 0.352 e. The summed E-state index contributed by atoms with van der Waals surface area (Å²) in [6.45, 7) is 8.09. The zero-order valence-electron chi connectivity index (χ0n) is 16.3. The fourth-order valence-corrected chi connectivity index (χ4v) is 2.89. The Hall–Kier alpha value is -2.86. The van der Waals surface area contributed by atoms with E-state index in [-0.39, 0.29) is 5.91 Å². The Morgan fingerprint density at radius 2 is 2.00 bits per heavy atom. The highest BCUT2D eigenvalue weighted by atomic mass is 35.5. The fourth-order valence-electron chi connectivity index (χ4n) is 2.68. The molecule has 146 valence electrons. The van der Waals surface area contributed by atoms with Crippen molar-refractivity contribution in [3.8, 4) is 0 Å². The summed E-state index contributed by atoms with van der Waals surface area (Å²) in [7, 11) is 0. The molecule has 28 heavy (non-hydrogen) atoms. The highest BCUT2D eigenvalue weighted by Gasteiger charge is 2.20. The molecule has 0 spiro atoms. The fraction of sp³-hybridized carbons (Fsp3) is 0.286. The van der Waals surface area contributed by atoms with Crippen LogP contribution in [0.15, 0.2) is 30.3 Å². The van der Waals surface area contributed by atoms with Gasteiger partial charge in [-0.3, -0.25) is 9.59 Å². The lowest BCUT2D eigenvalue weighted by Crippen LogP contribution is -2.34. The molecule has 0 aliphatic heterocycles. The van der Waals surface area contributed by atoms with Gasteiger partial charge < -0.3 is 15.6 Å². The Morgan fingerprint density at radius 3 is 2.68 bits per heavy atom. The Balaban J connectivity index is 1.81. The minimum absolute atomic E-state index is 0.00253. The van der Waals surface area contributed by atoms with Gasteiger partial charge in [-0.15, -0.1) is 0 Å². The van der Waals surface area contributed by atoms with Crippen LogP contribution in [-0.4, -0.2) is 22.2 Å². The van der Waals surface area contributed by atoms with Crippen LogP contribution in [0.25, 0.3) is 11.0 Å². The molecule has 0 fully saturated rings. The van der Waals surface area contributed by atoms with Gasteiger partial charge in [-0.1, -0.05) is 44.5 Å². The van der Waals surface area contributed by atoms with Crippen LogP contribution in [0.1, 0.15) is 42.3 Å². The Labute approximate surface area is 168 Å². The molecule has 3 rings (SSSR count). The van der Waals surface area contributed by atoms with E-state index in [9.17, 15) is 9.59 Å². The van der Waals surface area contributed by atoms with Gasteiger partial charge in [0.05, 0.1) is 16.1 Å². The summed E-state index contributed by atoms with van der Waals surface area (Å²) in [6.07, 6.45) is 0.711. The number of amides is 1. The Morgan fingerprint density at radius 1 is 1.25 bits per heavy atom. The van der Waals surface area contributed by atoms with Crippen molar-refractivity contribution >= 4 is 46.5 Å². The number of benzene rings is 2. The van der Waals surface area contributed by atoms with E-state index in [1.807, 2.05) is 45.9 Å². The lowest BCUT2D eigenvalue weighted by molar-refractivity contribution is -0.128. The van der Waals surface area contributed by atoms with Gasteiger partial charge in [0.2, 0.25) is 11.9 Å². The smallest absolute Gasteiger partial charge is 0.225 e. The van der Waals surface area contributed by atoms with Crippen molar-refractivity contribution in [2.75, 3.05) is 5.32 Å². The molecule has 0 radical (unpaired) electrons. The molecular weight excluding hydrogens is 376 g/mol. The van der Waals surface area contributed by atoms with Crippen molar-refractivity contribution in [2.45, 2.75) is 34.2 Å². The number of hydrogen-bond donors (Lipinski definition) is 3. The first-order valence-corrected chi connectivity index (χ1v) is 9.34. The van der Waals surface area contributed by atoms with E-state index < -0.39 is 5.41 Å². The van der Waals surface area contributed by atoms with E-state index in [1.54, 1.807) is 12.1 Å². The highest BCUT2D eigenvalue weighted by Crippen LogP contribution is 2.26. The molecule has 3 N–H and O–H groups in total. The maximum atomic E-state index is 12.1. The summed E-state index contributed by atoms with van der Waals surface area (Å²) in [5, 5.41) is 6.60. The molecule has 7 heteroatoms. The number of aldehydes is 1. The number of nitrogens with one attached hydrogen (secondary N) is 3. The van der Waals surface area contributed by atoms with Crippen molar-refractivity contribution in [1.29, 1.82) is 0 Å². The molecule has 1 aromatic heterocycles. The highest BCUT2D eigenvalue weighted by molar-refractivity contribution is 6.33. The molecule has 3 aromatic rings. The third kappa shape index (κ3) is 4.34. The van der Waals surface area contributed by atoms with E-state index >= 15 is 0 Å². The molecule has 0 atom stereocenters. The van der Waals surface area contributed by atoms with Crippen molar-refractivity contribution in [3.05, 3.63) is 52.0 Å². The van der Waals surface area contributed by atoms with Gasteiger partial charge in [-0.2, -0.15) is 0 Å². The van der Waals surface area contributed by atoms with Crippen LogP contribution >= 0.6 is 11.6 Å². The third-order valence-corrected chi connectivity index (χ3v) is 4.74. The van der Waals surface area contributed by atoms with Gasteiger partial charge in [-0.05, 0) is 36.2 Å². The second-order valence-electron chi connectivity index (χ2n) is 7.80. The van der Waals surface area contributed by atoms with Crippen LogP contribution in [-0.2, 0) is 11.3 Å². The van der Waals surface area contributed by atoms with E-state index in [0.29, 0.717) is 34.9 Å². The number of halogens is 1. The van der Waals surface area contributed by atoms with Gasteiger partial charge >= 0.3 is 0 Å². The number of aryl methyl sites for hydroxylation is 1. The summed E-state index contributed by atoms with van der Waals surface area (Å²) in [6, 6.07) is 9.29. The summed E-state index contributed by atoms with van der Waals surface area (Å²) < 4.78 is 0. The van der Waals surface area contributed by atoms with Crippen LogP contribution < -0.4 is 10.6 Å². The number of carbonyl (C=O) groups excluding carboxylic acids is 2. The second kappa shape index (κ2) is 7.64. The number of carbonyl (C=O) groups is 2. The first kappa shape index (κ1) is 19.9. The number of aromatic nitrogens is 2. The molecule has 6 nitrogen and oxygen atoms in total. The predicted molar refractivity (Wildman–Crippen MR) is 112 cm³/mol. The van der Waals surface area contributed by atoms with Gasteiger partial charge in [0.15, 0.2) is 6.29 Å². The Kier molecular flexibility index (Phi) is 5.42. The summed E-state index contributed by atoms with van der Waals surface area (Å²) >= 11 is 6.08. The van der Waals surface area contributed by atoms with Crippen LogP contribution in [0.4, 0.5) is 11.6 Å². The van der Waals surface area contributed by atoms with Gasteiger partial charge in [0.1, 0.15) is 0 Å². The molecule has 0 aliphatic carbocycles. The predicted octanol–water partition coefficient (Wildman–Crippen LogP) is 4.74. The van der Waals surface area contributed by atoms with Crippen LogP contribution in [0.3, 0.4) is 0 Å². The lowest BCUT2D eigenvalue weighted by atomic mass is 9.95. The van der Waals surface area contributed by atoms with E-state index in [0.717, 1.165) is 22.3 Å². The average Bonchev–Trinajstić information content (AvgIpc) is 3.01. The normalized spacial score (nSPS) is 11.5. The standard InChI is InChI=1S/C21H23ClN4O2/c1-12-5-6-13(10-23-19(28)21(2,3)4)7-16(12)24-20-25-17-8-14(11-27)15(22)9-18(17)26-20/h5-9,11H,10H2,1-4H3,(H,23,28)(H2,24,25,26). The van der Waals surface area contributed by atoms with Crippen molar-refractivity contribution in [1.82, 2.24) is 15.3 Å². The maximum Gasteiger partial charge on any atom is 0.225 e. The summed E-state index contributed by atoms with van der Waals surface area (Å²) in [5.41, 5.74) is 4.26. The molecule has 0 bridgehead atoms. The SMILES string of the molecule is Cc1ccc(CNC(=O)C(C)(C)C)cc1Nc1nc2cc(C=O)c(Cl)cc2[nH]1. The van der Waals surface area contributed by atoms with Crippen LogP contribution in [0.5, 0.6) is 0 Å². The van der Waals surface area contributed by atoms with Crippen LogP contribution in [0.2, 0.25) is 5.02 Å². The molecule has 1 heterocycles.